The zero-order valence-electron chi connectivity index (χ0n) is 16.6. The molecule has 29 heavy (non-hydrogen) atoms. The van der Waals surface area contributed by atoms with Gasteiger partial charge in [-0.05, 0) is 74.2 Å². The van der Waals surface area contributed by atoms with Crippen molar-refractivity contribution in [1.82, 2.24) is 0 Å². The zero-order chi connectivity index (χ0) is 20.0. The molecular formula is C25H24N2OS. The summed E-state index contributed by atoms with van der Waals surface area (Å²) in [5.41, 5.74) is 5.06. The maximum absolute atomic E-state index is 12.7. The van der Waals surface area contributed by atoms with Gasteiger partial charge in [0.25, 0.3) is 5.91 Å². The standard InChI is InChI=1S/C25H24N2OS/c1-15-5-3-6-17(13-15)25(28)26-18-10-11-22-21(14-18)19-7-4-8-20(19)24(27-22)23-12-9-16(2)29-23/h3-7,9-14,19-20,24,27H,8H2,1-2H3,(H,26,28). The molecule has 5 rings (SSSR count). The van der Waals surface area contributed by atoms with Crippen LogP contribution in [0.4, 0.5) is 11.4 Å². The molecule has 2 heterocycles. The summed E-state index contributed by atoms with van der Waals surface area (Å²) in [4.78, 5) is 15.4. The largest absolute Gasteiger partial charge is 0.377 e. The van der Waals surface area contributed by atoms with Crippen LogP contribution in [0.2, 0.25) is 0 Å². The summed E-state index contributed by atoms with van der Waals surface area (Å²) in [6, 6.07) is 18.7. The minimum atomic E-state index is -0.0668. The summed E-state index contributed by atoms with van der Waals surface area (Å²) in [7, 11) is 0. The fourth-order valence-electron chi connectivity index (χ4n) is 4.56. The van der Waals surface area contributed by atoms with Gasteiger partial charge in [-0.25, -0.2) is 0 Å². The molecule has 4 heteroatoms. The predicted molar refractivity (Wildman–Crippen MR) is 121 cm³/mol. The van der Waals surface area contributed by atoms with Crippen molar-refractivity contribution >= 4 is 28.6 Å². The summed E-state index contributed by atoms with van der Waals surface area (Å²) < 4.78 is 0. The number of thiophene rings is 1. The molecular weight excluding hydrogens is 376 g/mol. The van der Waals surface area contributed by atoms with Crippen LogP contribution in [0.25, 0.3) is 0 Å². The topological polar surface area (TPSA) is 41.1 Å². The van der Waals surface area contributed by atoms with Gasteiger partial charge in [0.05, 0.1) is 6.04 Å². The van der Waals surface area contributed by atoms with Crippen molar-refractivity contribution in [3.63, 3.8) is 0 Å². The Bertz CT molecular complexity index is 1110. The number of rotatable bonds is 3. The zero-order valence-corrected chi connectivity index (χ0v) is 17.4. The van der Waals surface area contributed by atoms with Crippen molar-refractivity contribution in [3.05, 3.63) is 93.2 Å². The number of carbonyl (C=O) groups excluding carboxylic acids is 1. The lowest BCUT2D eigenvalue weighted by Gasteiger charge is -2.37. The molecule has 1 aliphatic heterocycles. The van der Waals surface area contributed by atoms with E-state index in [1.807, 2.05) is 48.6 Å². The number of anilines is 2. The van der Waals surface area contributed by atoms with Crippen LogP contribution in [0.3, 0.4) is 0 Å². The van der Waals surface area contributed by atoms with Gasteiger partial charge in [-0.2, -0.15) is 0 Å². The highest BCUT2D eigenvalue weighted by atomic mass is 32.1. The molecule has 2 N–H and O–H groups in total. The molecule has 0 bridgehead atoms. The fraction of sp³-hybridized carbons (Fsp3) is 0.240. The van der Waals surface area contributed by atoms with E-state index in [4.69, 9.17) is 0 Å². The Balaban J connectivity index is 1.43. The van der Waals surface area contributed by atoms with E-state index in [9.17, 15) is 4.79 Å². The van der Waals surface area contributed by atoms with Gasteiger partial charge in [0.2, 0.25) is 0 Å². The molecule has 2 aromatic carbocycles. The Morgan fingerprint density at radius 1 is 1.10 bits per heavy atom. The van der Waals surface area contributed by atoms with Gasteiger partial charge in [0.1, 0.15) is 0 Å². The van der Waals surface area contributed by atoms with Crippen LogP contribution in [0, 0.1) is 19.8 Å². The monoisotopic (exact) mass is 400 g/mol. The number of hydrogen-bond donors (Lipinski definition) is 2. The molecule has 0 radical (unpaired) electrons. The third kappa shape index (κ3) is 3.38. The number of carbonyl (C=O) groups is 1. The first-order valence-electron chi connectivity index (χ1n) is 10.1. The first-order valence-corrected chi connectivity index (χ1v) is 10.9. The third-order valence-corrected chi connectivity index (χ3v) is 7.05. The number of benzene rings is 2. The molecule has 3 aromatic rings. The average Bonchev–Trinajstić information content (AvgIpc) is 3.37. The summed E-state index contributed by atoms with van der Waals surface area (Å²) in [5.74, 6) is 0.834. The van der Waals surface area contributed by atoms with Crippen LogP contribution < -0.4 is 10.6 Å². The third-order valence-electron chi connectivity index (χ3n) is 5.97. The summed E-state index contributed by atoms with van der Waals surface area (Å²) >= 11 is 1.88. The van der Waals surface area contributed by atoms with E-state index in [1.54, 1.807) is 0 Å². The van der Waals surface area contributed by atoms with E-state index in [0.717, 1.165) is 17.7 Å². The second kappa shape index (κ2) is 7.20. The molecule has 3 atom stereocenters. The van der Waals surface area contributed by atoms with Gasteiger partial charge in [-0.3, -0.25) is 4.79 Å². The van der Waals surface area contributed by atoms with Gasteiger partial charge in [0, 0.05) is 32.6 Å². The molecule has 146 valence electrons. The highest BCUT2D eigenvalue weighted by Crippen LogP contribution is 2.51. The number of amides is 1. The van der Waals surface area contributed by atoms with Crippen LogP contribution >= 0.6 is 11.3 Å². The Hall–Kier alpha value is -2.85. The minimum absolute atomic E-state index is 0.0668. The van der Waals surface area contributed by atoms with E-state index in [-0.39, 0.29) is 5.91 Å². The lowest BCUT2D eigenvalue weighted by atomic mass is 9.78. The van der Waals surface area contributed by atoms with Gasteiger partial charge in [-0.15, -0.1) is 11.3 Å². The van der Waals surface area contributed by atoms with Crippen LogP contribution in [-0.2, 0) is 0 Å². The molecule has 2 aliphatic rings. The van der Waals surface area contributed by atoms with Crippen molar-refractivity contribution in [2.75, 3.05) is 10.6 Å². The van der Waals surface area contributed by atoms with Crippen molar-refractivity contribution in [3.8, 4) is 0 Å². The van der Waals surface area contributed by atoms with Gasteiger partial charge < -0.3 is 10.6 Å². The summed E-state index contributed by atoms with van der Waals surface area (Å²) in [6.07, 6.45) is 5.72. The van der Waals surface area contributed by atoms with E-state index in [1.165, 1.54) is 21.0 Å². The Labute approximate surface area is 175 Å². The van der Waals surface area contributed by atoms with Gasteiger partial charge in [-0.1, -0.05) is 29.8 Å². The SMILES string of the molecule is Cc1cccc(C(=O)Nc2ccc3c(c2)C2C=CCC2C(c2ccc(C)s2)N3)c1. The number of aryl methyl sites for hydroxylation is 2. The van der Waals surface area contributed by atoms with Crippen molar-refractivity contribution in [2.24, 2.45) is 5.92 Å². The Morgan fingerprint density at radius 3 is 2.79 bits per heavy atom. The molecule has 1 aliphatic carbocycles. The van der Waals surface area contributed by atoms with Gasteiger partial charge in [0.15, 0.2) is 0 Å². The fourth-order valence-corrected chi connectivity index (χ4v) is 5.57. The molecule has 0 saturated heterocycles. The second-order valence-electron chi connectivity index (χ2n) is 8.05. The normalized spacial score (nSPS) is 21.9. The first-order chi connectivity index (χ1) is 14.1. The maximum Gasteiger partial charge on any atom is 0.255 e. The summed E-state index contributed by atoms with van der Waals surface area (Å²) in [6.45, 7) is 4.16. The maximum atomic E-state index is 12.7. The number of hydrogen-bond acceptors (Lipinski definition) is 3. The Kier molecular flexibility index (Phi) is 4.51. The van der Waals surface area contributed by atoms with E-state index >= 15 is 0 Å². The first kappa shape index (κ1) is 18.2. The minimum Gasteiger partial charge on any atom is -0.377 e. The van der Waals surface area contributed by atoms with Crippen LogP contribution in [0.5, 0.6) is 0 Å². The number of allylic oxidation sites excluding steroid dienone is 2. The highest BCUT2D eigenvalue weighted by Gasteiger charge is 2.38. The average molecular weight is 401 g/mol. The van der Waals surface area contributed by atoms with Crippen LogP contribution in [0.15, 0.2) is 66.7 Å². The van der Waals surface area contributed by atoms with E-state index in [2.05, 4.69) is 54.0 Å². The molecule has 1 aromatic heterocycles. The molecule has 3 nitrogen and oxygen atoms in total. The molecule has 3 unspecified atom stereocenters. The van der Waals surface area contributed by atoms with Gasteiger partial charge >= 0.3 is 0 Å². The quantitative estimate of drug-likeness (QED) is 0.497. The smallest absolute Gasteiger partial charge is 0.255 e. The van der Waals surface area contributed by atoms with Crippen LogP contribution in [0.1, 0.15) is 49.6 Å². The lowest BCUT2D eigenvalue weighted by molar-refractivity contribution is 0.102. The Morgan fingerprint density at radius 2 is 2.00 bits per heavy atom. The van der Waals surface area contributed by atoms with E-state index in [0.29, 0.717) is 23.4 Å². The van der Waals surface area contributed by atoms with Crippen molar-refractivity contribution in [2.45, 2.75) is 32.2 Å². The molecule has 0 saturated carbocycles. The molecule has 0 fully saturated rings. The van der Waals surface area contributed by atoms with E-state index < -0.39 is 0 Å². The van der Waals surface area contributed by atoms with Crippen LogP contribution in [-0.4, -0.2) is 5.91 Å². The van der Waals surface area contributed by atoms with Crippen molar-refractivity contribution < 1.29 is 4.79 Å². The lowest BCUT2D eigenvalue weighted by Crippen LogP contribution is -2.28. The number of nitrogens with one attached hydrogen (secondary N) is 2. The molecule has 0 spiro atoms. The second-order valence-corrected chi connectivity index (χ2v) is 9.37. The predicted octanol–water partition coefficient (Wildman–Crippen LogP) is 6.44. The molecule has 1 amide bonds. The number of fused-ring (bicyclic) bond motifs is 3. The van der Waals surface area contributed by atoms with Crippen molar-refractivity contribution in [1.29, 1.82) is 0 Å². The highest BCUT2D eigenvalue weighted by molar-refractivity contribution is 7.12. The summed E-state index contributed by atoms with van der Waals surface area (Å²) in [5, 5.41) is 6.85.